The van der Waals surface area contributed by atoms with Crippen molar-refractivity contribution in [2.75, 3.05) is 20.2 Å². The Labute approximate surface area is 410 Å². The smallest absolute Gasteiger partial charge is 0.328 e. The summed E-state index contributed by atoms with van der Waals surface area (Å²) in [5, 5.41) is 45.7. The van der Waals surface area contributed by atoms with E-state index < -0.39 is 133 Å². The number of ether oxygens (including phenoxy) is 1. The largest absolute Gasteiger partial charge is 0.508 e. The number of hydrogen-bond acceptors (Lipinski definition) is 14. The molecule has 386 valence electrons. The topological polar surface area (TPSA) is 345 Å². The summed E-state index contributed by atoms with van der Waals surface area (Å²) in [6.45, 7) is 4.96. The van der Waals surface area contributed by atoms with Gasteiger partial charge in [-0.2, -0.15) is 0 Å². The van der Waals surface area contributed by atoms with Crippen LogP contribution < -0.4 is 37.6 Å². The lowest BCUT2D eigenvalue weighted by Crippen LogP contribution is -2.65. The van der Waals surface area contributed by atoms with E-state index in [9.17, 15) is 63.3 Å². The minimum atomic E-state index is -1.89. The molecule has 11 N–H and O–H groups in total. The van der Waals surface area contributed by atoms with E-state index in [0.717, 1.165) is 9.80 Å². The fourth-order valence-corrected chi connectivity index (χ4v) is 7.88. The maximum absolute atomic E-state index is 14.9. The first-order chi connectivity index (χ1) is 33.6. The number of allylic oxidation sites excluding steroid dienone is 1. The summed E-state index contributed by atoms with van der Waals surface area (Å²) in [5.74, 6) is -9.17. The van der Waals surface area contributed by atoms with Crippen LogP contribution in [-0.4, -0.2) is 159 Å². The van der Waals surface area contributed by atoms with E-state index in [1.165, 1.54) is 58.2 Å². The second-order valence-corrected chi connectivity index (χ2v) is 17.4. The number of amides is 9. The summed E-state index contributed by atoms with van der Waals surface area (Å²) in [7, 11) is 1.31. The average Bonchev–Trinajstić information content (AvgIpc) is 3.34. The second kappa shape index (κ2) is 26.5. The van der Waals surface area contributed by atoms with Crippen molar-refractivity contribution in [2.24, 2.45) is 5.73 Å². The molecule has 2 aliphatic rings. The number of nitrogens with two attached hydrogens (primary N) is 1. The Morgan fingerprint density at radius 2 is 1.51 bits per heavy atom. The van der Waals surface area contributed by atoms with Gasteiger partial charge in [-0.05, 0) is 76.6 Å². The molecule has 71 heavy (non-hydrogen) atoms. The van der Waals surface area contributed by atoms with Crippen LogP contribution in [0.3, 0.4) is 0 Å². The lowest BCUT2D eigenvalue weighted by atomic mass is 9.95. The summed E-state index contributed by atoms with van der Waals surface area (Å²) in [4.78, 5) is 140. The predicted octanol–water partition coefficient (Wildman–Crippen LogP) is -2.18. The SMILES string of the molecule is C/C=C(\C)C(=O)N[C@@H](CCC(N)=O)C(=O)N[C@@H]1C(=O)N[C@@H](CCC(=O)NCCO)C(=O)N[C@H]2CC[C@@H](O)N(C2=O)[C@@H](Cc2ccccc2)C(=O)N(C)[C@@H](Cc2ccc(O)cc2)C(=O)N[C@@H](C)C(=O)O[C@@H]1C. The molecule has 2 fully saturated rings. The zero-order chi connectivity index (χ0) is 52.5. The van der Waals surface area contributed by atoms with Gasteiger partial charge in [0.25, 0.3) is 0 Å². The summed E-state index contributed by atoms with van der Waals surface area (Å²) in [5.41, 5.74) is 6.59. The van der Waals surface area contributed by atoms with Crippen molar-refractivity contribution in [3.8, 4) is 5.75 Å². The summed E-state index contributed by atoms with van der Waals surface area (Å²) in [6, 6.07) is 3.42. The van der Waals surface area contributed by atoms with Crippen LogP contribution in [0.5, 0.6) is 5.75 Å². The molecule has 2 aliphatic heterocycles. The minimum absolute atomic E-state index is 0.0801. The Morgan fingerprint density at radius 3 is 2.14 bits per heavy atom. The van der Waals surface area contributed by atoms with Gasteiger partial charge in [0.2, 0.25) is 53.2 Å². The van der Waals surface area contributed by atoms with Crippen LogP contribution in [0.2, 0.25) is 0 Å². The highest BCUT2D eigenvalue weighted by atomic mass is 16.5. The molecule has 9 amide bonds. The quantitative estimate of drug-likeness (QED) is 0.0632. The van der Waals surface area contributed by atoms with Crippen molar-refractivity contribution in [2.45, 2.75) is 134 Å². The van der Waals surface area contributed by atoms with Crippen molar-refractivity contribution in [1.29, 1.82) is 0 Å². The number of cyclic esters (lactones) is 1. The van der Waals surface area contributed by atoms with Crippen molar-refractivity contribution >= 4 is 59.1 Å². The lowest BCUT2D eigenvalue weighted by molar-refractivity contribution is -0.165. The van der Waals surface area contributed by atoms with E-state index in [0.29, 0.717) is 11.1 Å². The van der Waals surface area contributed by atoms with E-state index in [2.05, 4.69) is 31.9 Å². The van der Waals surface area contributed by atoms with E-state index in [1.807, 2.05) is 0 Å². The second-order valence-electron chi connectivity index (χ2n) is 17.4. The molecule has 0 unspecified atom stereocenters. The number of hydrogen-bond donors (Lipinski definition) is 10. The first-order valence-corrected chi connectivity index (χ1v) is 23.3. The molecule has 2 aromatic carbocycles. The number of aliphatic hydroxyl groups is 2. The van der Waals surface area contributed by atoms with E-state index in [1.54, 1.807) is 37.3 Å². The van der Waals surface area contributed by atoms with Crippen molar-refractivity contribution < 1.29 is 68.0 Å². The number of esters is 1. The number of aliphatic hydroxyl groups excluding tert-OH is 2. The number of likely N-dealkylation sites (N-methyl/N-ethyl adjacent to an activating group) is 1. The number of nitrogens with zero attached hydrogens (tertiary/aromatic N) is 2. The number of aromatic hydroxyl groups is 1. The number of phenolic OH excluding ortho intramolecular Hbond substituents is 1. The fourth-order valence-electron chi connectivity index (χ4n) is 7.88. The van der Waals surface area contributed by atoms with E-state index in [-0.39, 0.29) is 56.4 Å². The van der Waals surface area contributed by atoms with Gasteiger partial charge in [0, 0.05) is 44.8 Å². The minimum Gasteiger partial charge on any atom is -0.508 e. The van der Waals surface area contributed by atoms with Crippen LogP contribution >= 0.6 is 0 Å². The van der Waals surface area contributed by atoms with Crippen LogP contribution in [0.25, 0.3) is 0 Å². The molecule has 23 nitrogen and oxygen atoms in total. The summed E-state index contributed by atoms with van der Waals surface area (Å²) in [6.07, 6.45) is -3.95. The Hall–Kier alpha value is -7.40. The number of piperidine rings is 1. The van der Waals surface area contributed by atoms with Crippen molar-refractivity contribution in [3.05, 3.63) is 77.4 Å². The van der Waals surface area contributed by atoms with Crippen LogP contribution in [0.1, 0.15) is 77.3 Å². The third-order valence-electron chi connectivity index (χ3n) is 12.2. The van der Waals surface area contributed by atoms with Gasteiger partial charge in [0.15, 0.2) is 0 Å². The molecule has 0 saturated carbocycles. The van der Waals surface area contributed by atoms with Gasteiger partial charge in [-0.1, -0.05) is 48.5 Å². The zero-order valence-corrected chi connectivity index (χ0v) is 40.3. The van der Waals surface area contributed by atoms with Gasteiger partial charge in [0.1, 0.15) is 60.4 Å². The number of primary amides is 1. The summed E-state index contributed by atoms with van der Waals surface area (Å²) < 4.78 is 5.68. The van der Waals surface area contributed by atoms with Gasteiger partial charge < -0.3 is 67.5 Å². The lowest BCUT2D eigenvalue weighted by Gasteiger charge is -2.43. The number of carbonyl (C=O) groups is 10. The van der Waals surface area contributed by atoms with Gasteiger partial charge in [-0.25, -0.2) is 4.79 Å². The van der Waals surface area contributed by atoms with Gasteiger partial charge in [-0.15, -0.1) is 0 Å². The Morgan fingerprint density at radius 1 is 0.859 bits per heavy atom. The fraction of sp³-hybridized carbons (Fsp3) is 0.500. The highest BCUT2D eigenvalue weighted by molar-refractivity contribution is 6.00. The highest BCUT2D eigenvalue weighted by Crippen LogP contribution is 2.25. The van der Waals surface area contributed by atoms with Crippen molar-refractivity contribution in [1.82, 2.24) is 41.7 Å². The number of nitrogens with one attached hydrogen (secondary N) is 6. The number of carbonyl (C=O) groups excluding carboxylic acids is 10. The number of rotatable bonds is 16. The molecule has 4 rings (SSSR count). The van der Waals surface area contributed by atoms with Crippen LogP contribution in [0.15, 0.2) is 66.2 Å². The van der Waals surface area contributed by atoms with E-state index in [4.69, 9.17) is 10.5 Å². The number of phenols is 1. The van der Waals surface area contributed by atoms with Gasteiger partial charge in [-0.3, -0.25) is 43.2 Å². The standard InChI is InChI=1S/C48H65N9O14/c1-6-26(2)41(63)52-32(16-19-37(49)60)43(65)55-40-28(4)71-48(70)27(3)51-44(66)35(24-30-12-14-31(59)15-13-30)56(5)47(69)36(25-29-10-8-7-9-11-29)57-39(62)21-18-34(46(57)68)54-42(64)33(53-45(40)67)17-20-38(61)50-22-23-58/h6-15,27-28,32-36,39-40,58-59,62H,16-25H2,1-5H3,(H2,49,60)(H,50,61)(H,51,66)(H,52,63)(H,53,67)(H,54,64)(H,55,65)/b26-6+/t27-,28+,32-,33-,34-,35-,36-,39+,40-/m0/s1. The number of fused-ring (bicyclic) bond motifs is 2. The van der Waals surface area contributed by atoms with Crippen LogP contribution in [0.4, 0.5) is 0 Å². The molecule has 2 bridgehead atoms. The number of benzene rings is 2. The third-order valence-corrected chi connectivity index (χ3v) is 12.2. The molecular formula is C48H65N9O14. The molecule has 2 aromatic rings. The Kier molecular flexibility index (Phi) is 21.0. The first kappa shape index (κ1) is 56.2. The van der Waals surface area contributed by atoms with Crippen LogP contribution in [-0.2, 0) is 65.5 Å². The molecule has 0 aliphatic carbocycles. The third kappa shape index (κ3) is 16.1. The molecular weight excluding hydrogens is 927 g/mol. The Balaban J connectivity index is 1.86. The molecule has 9 atom stereocenters. The molecule has 2 saturated heterocycles. The molecule has 0 aromatic heterocycles. The van der Waals surface area contributed by atoms with Crippen LogP contribution in [0, 0.1) is 0 Å². The molecule has 2 heterocycles. The van der Waals surface area contributed by atoms with Crippen molar-refractivity contribution in [3.63, 3.8) is 0 Å². The first-order valence-electron chi connectivity index (χ1n) is 23.3. The normalized spacial score (nSPS) is 24.4. The van der Waals surface area contributed by atoms with E-state index >= 15 is 0 Å². The van der Waals surface area contributed by atoms with Gasteiger partial charge in [0.05, 0.1) is 6.61 Å². The molecule has 23 heteroatoms. The Bertz CT molecular complexity index is 2300. The highest BCUT2D eigenvalue weighted by Gasteiger charge is 2.45. The zero-order valence-electron chi connectivity index (χ0n) is 40.3. The maximum atomic E-state index is 14.9. The monoisotopic (exact) mass is 991 g/mol. The van der Waals surface area contributed by atoms with Gasteiger partial charge >= 0.3 is 5.97 Å². The average molecular weight is 992 g/mol. The molecule has 0 radical (unpaired) electrons. The summed E-state index contributed by atoms with van der Waals surface area (Å²) >= 11 is 0. The predicted molar refractivity (Wildman–Crippen MR) is 252 cm³/mol. The molecule has 0 spiro atoms. The maximum Gasteiger partial charge on any atom is 0.328 e.